The average Bonchev–Trinajstić information content (AvgIpc) is 3.55. The Labute approximate surface area is 193 Å². The molecule has 2 fully saturated rings. The van der Waals surface area contributed by atoms with Crippen molar-refractivity contribution >= 4 is 34.3 Å². The van der Waals surface area contributed by atoms with Gasteiger partial charge in [0, 0.05) is 31.7 Å². The van der Waals surface area contributed by atoms with Crippen molar-refractivity contribution in [1.29, 1.82) is 0 Å². The Balaban J connectivity index is 1.32. The molecule has 0 saturated carbocycles. The SMILES string of the molecule is C/C(=N\Nc1nc(N2CCCC2)nc(N2CCOCC2)n1)c1ccc2c3c(cccc13)CC2. The molecule has 1 N–H and O–H groups in total. The number of anilines is 3. The van der Waals surface area contributed by atoms with Gasteiger partial charge in [0.25, 0.3) is 0 Å². The molecule has 2 aliphatic heterocycles. The summed E-state index contributed by atoms with van der Waals surface area (Å²) in [4.78, 5) is 18.6. The Bertz CT molecular complexity index is 1200. The summed E-state index contributed by atoms with van der Waals surface area (Å²) in [6.45, 7) is 6.95. The predicted octanol–water partition coefficient (Wildman–Crippen LogP) is 3.40. The zero-order valence-corrected chi connectivity index (χ0v) is 19.0. The molecule has 1 aliphatic carbocycles. The van der Waals surface area contributed by atoms with Gasteiger partial charge < -0.3 is 14.5 Å². The van der Waals surface area contributed by atoms with Gasteiger partial charge in [0.05, 0.1) is 18.9 Å². The predicted molar refractivity (Wildman–Crippen MR) is 131 cm³/mol. The third kappa shape index (κ3) is 3.88. The minimum Gasteiger partial charge on any atom is -0.378 e. The number of ether oxygens (including phenoxy) is 1. The van der Waals surface area contributed by atoms with Gasteiger partial charge >= 0.3 is 0 Å². The van der Waals surface area contributed by atoms with E-state index in [-0.39, 0.29) is 0 Å². The Morgan fingerprint density at radius 1 is 0.879 bits per heavy atom. The first-order valence-electron chi connectivity index (χ1n) is 11.9. The molecule has 33 heavy (non-hydrogen) atoms. The van der Waals surface area contributed by atoms with Crippen LogP contribution in [0, 0.1) is 0 Å². The number of nitrogens with zero attached hydrogens (tertiary/aromatic N) is 6. The van der Waals surface area contributed by atoms with Crippen molar-refractivity contribution in [1.82, 2.24) is 15.0 Å². The number of nitrogens with one attached hydrogen (secondary N) is 1. The quantitative estimate of drug-likeness (QED) is 0.478. The number of hydrogen-bond acceptors (Lipinski definition) is 8. The summed E-state index contributed by atoms with van der Waals surface area (Å²) in [5, 5.41) is 7.37. The Morgan fingerprint density at radius 2 is 1.58 bits per heavy atom. The summed E-state index contributed by atoms with van der Waals surface area (Å²) in [7, 11) is 0. The van der Waals surface area contributed by atoms with Crippen LogP contribution in [0.3, 0.4) is 0 Å². The van der Waals surface area contributed by atoms with Crippen LogP contribution in [0.25, 0.3) is 10.8 Å². The minimum atomic E-state index is 0.485. The monoisotopic (exact) mass is 443 g/mol. The van der Waals surface area contributed by atoms with Gasteiger partial charge in [-0.05, 0) is 54.5 Å². The van der Waals surface area contributed by atoms with Crippen molar-refractivity contribution in [2.24, 2.45) is 5.10 Å². The number of benzene rings is 2. The summed E-state index contributed by atoms with van der Waals surface area (Å²) < 4.78 is 5.51. The summed E-state index contributed by atoms with van der Waals surface area (Å²) >= 11 is 0. The number of hydrazone groups is 1. The number of morpholine rings is 1. The van der Waals surface area contributed by atoms with Gasteiger partial charge in [-0.15, -0.1) is 0 Å². The zero-order chi connectivity index (χ0) is 22.2. The highest BCUT2D eigenvalue weighted by atomic mass is 16.5. The molecule has 0 bridgehead atoms. The first-order chi connectivity index (χ1) is 16.3. The van der Waals surface area contributed by atoms with Crippen LogP contribution < -0.4 is 15.2 Å². The van der Waals surface area contributed by atoms with Crippen molar-refractivity contribution in [2.45, 2.75) is 32.6 Å². The number of aryl methyl sites for hydroxylation is 2. The van der Waals surface area contributed by atoms with Gasteiger partial charge in [-0.1, -0.05) is 30.3 Å². The largest absolute Gasteiger partial charge is 0.378 e. The fourth-order valence-electron chi connectivity index (χ4n) is 5.12. The highest BCUT2D eigenvalue weighted by Crippen LogP contribution is 2.33. The van der Waals surface area contributed by atoms with E-state index in [0.29, 0.717) is 25.1 Å². The molecule has 3 heterocycles. The third-order valence-electron chi connectivity index (χ3n) is 6.88. The first kappa shape index (κ1) is 20.4. The van der Waals surface area contributed by atoms with Crippen LogP contribution in [-0.4, -0.2) is 60.1 Å². The lowest BCUT2D eigenvalue weighted by Crippen LogP contribution is -2.38. The standard InChI is InChI=1S/C25H29N7O/c1-17(20-10-9-19-8-7-18-5-4-6-21(20)22(18)19)29-30-23-26-24(31-11-2-3-12-31)28-25(27-23)32-13-15-33-16-14-32/h4-6,9-10H,2-3,7-8,11-16H2,1H3,(H,26,27,28,30)/b29-17+. The molecule has 0 amide bonds. The Morgan fingerprint density at radius 3 is 2.33 bits per heavy atom. The van der Waals surface area contributed by atoms with Gasteiger partial charge in [0.1, 0.15) is 0 Å². The third-order valence-corrected chi connectivity index (χ3v) is 6.88. The van der Waals surface area contributed by atoms with Gasteiger partial charge in [-0.3, -0.25) is 0 Å². The highest BCUT2D eigenvalue weighted by Gasteiger charge is 2.21. The van der Waals surface area contributed by atoms with Crippen molar-refractivity contribution < 1.29 is 4.74 Å². The van der Waals surface area contributed by atoms with E-state index in [1.165, 1.54) is 34.7 Å². The second-order valence-electron chi connectivity index (χ2n) is 8.97. The molecule has 0 atom stereocenters. The summed E-state index contributed by atoms with van der Waals surface area (Å²) in [5.74, 6) is 1.90. The molecule has 8 heteroatoms. The molecule has 2 saturated heterocycles. The van der Waals surface area contributed by atoms with Gasteiger partial charge in [-0.25, -0.2) is 5.43 Å². The molecule has 0 radical (unpaired) electrons. The number of aromatic nitrogens is 3. The molecule has 3 aliphatic rings. The normalized spacial score (nSPS) is 18.4. The average molecular weight is 444 g/mol. The van der Waals surface area contributed by atoms with E-state index in [2.05, 4.69) is 45.6 Å². The van der Waals surface area contributed by atoms with Crippen molar-refractivity contribution in [3.05, 3.63) is 47.0 Å². The second kappa shape index (κ2) is 8.59. The molecule has 8 nitrogen and oxygen atoms in total. The lowest BCUT2D eigenvalue weighted by Gasteiger charge is -2.27. The van der Waals surface area contributed by atoms with E-state index in [1.54, 1.807) is 0 Å². The zero-order valence-electron chi connectivity index (χ0n) is 19.0. The van der Waals surface area contributed by atoms with Crippen molar-refractivity contribution in [3.8, 4) is 0 Å². The lowest BCUT2D eigenvalue weighted by molar-refractivity contribution is 0.122. The van der Waals surface area contributed by atoms with E-state index in [1.807, 2.05) is 6.92 Å². The molecule has 1 aromatic heterocycles. The van der Waals surface area contributed by atoms with Crippen LogP contribution >= 0.6 is 0 Å². The Kier molecular flexibility index (Phi) is 5.30. The molecular formula is C25H29N7O. The fourth-order valence-corrected chi connectivity index (χ4v) is 5.12. The molecule has 3 aromatic rings. The van der Waals surface area contributed by atoms with Crippen molar-refractivity contribution in [3.63, 3.8) is 0 Å². The van der Waals surface area contributed by atoms with Gasteiger partial charge in [0.15, 0.2) is 0 Å². The number of rotatable bonds is 5. The topological polar surface area (TPSA) is 78.8 Å². The van der Waals surface area contributed by atoms with E-state index in [4.69, 9.17) is 24.8 Å². The van der Waals surface area contributed by atoms with Crippen molar-refractivity contribution in [2.75, 3.05) is 54.6 Å². The van der Waals surface area contributed by atoms with E-state index < -0.39 is 0 Å². The maximum atomic E-state index is 5.51. The van der Waals surface area contributed by atoms with E-state index >= 15 is 0 Å². The molecule has 2 aromatic carbocycles. The highest BCUT2D eigenvalue weighted by molar-refractivity contribution is 6.11. The van der Waals surface area contributed by atoms with Crippen LogP contribution in [0.15, 0.2) is 35.4 Å². The Hall–Kier alpha value is -3.26. The van der Waals surface area contributed by atoms with E-state index in [9.17, 15) is 0 Å². The van der Waals surface area contributed by atoms with Crippen LogP contribution in [0.1, 0.15) is 36.5 Å². The molecule has 6 rings (SSSR count). The van der Waals surface area contributed by atoms with Gasteiger partial charge in [0.2, 0.25) is 17.8 Å². The van der Waals surface area contributed by atoms with Crippen LogP contribution in [0.2, 0.25) is 0 Å². The first-order valence-corrected chi connectivity index (χ1v) is 11.9. The van der Waals surface area contributed by atoms with Crippen LogP contribution in [-0.2, 0) is 17.6 Å². The second-order valence-corrected chi connectivity index (χ2v) is 8.97. The maximum absolute atomic E-state index is 5.51. The smallest absolute Gasteiger partial charge is 0.250 e. The molecule has 0 spiro atoms. The number of hydrogen-bond donors (Lipinski definition) is 1. The molecular weight excluding hydrogens is 414 g/mol. The maximum Gasteiger partial charge on any atom is 0.250 e. The minimum absolute atomic E-state index is 0.485. The summed E-state index contributed by atoms with van der Waals surface area (Å²) in [6, 6.07) is 11.0. The van der Waals surface area contributed by atoms with Crippen LogP contribution in [0.5, 0.6) is 0 Å². The van der Waals surface area contributed by atoms with E-state index in [0.717, 1.165) is 56.2 Å². The fraction of sp³-hybridized carbons (Fsp3) is 0.440. The van der Waals surface area contributed by atoms with Crippen LogP contribution in [0.4, 0.5) is 17.8 Å². The summed E-state index contributed by atoms with van der Waals surface area (Å²) in [6.07, 6.45) is 4.59. The molecule has 0 unspecified atom stereocenters. The van der Waals surface area contributed by atoms with Gasteiger partial charge in [-0.2, -0.15) is 20.1 Å². The molecule has 170 valence electrons. The lowest BCUT2D eigenvalue weighted by atomic mass is 9.98. The summed E-state index contributed by atoms with van der Waals surface area (Å²) in [5.41, 5.74) is 8.08.